The van der Waals surface area contributed by atoms with Crippen LogP contribution < -0.4 is 24.4 Å². The van der Waals surface area contributed by atoms with Crippen LogP contribution in [0.5, 0.6) is 11.5 Å². The Balaban J connectivity index is 1.94. The van der Waals surface area contributed by atoms with Crippen LogP contribution in [-0.4, -0.2) is 35.3 Å². The molecule has 0 aliphatic carbocycles. The second kappa shape index (κ2) is 11.2. The molecule has 1 unspecified atom stereocenters. The maximum absolute atomic E-state index is 13.7. The molecule has 0 amide bonds. The highest BCUT2D eigenvalue weighted by Crippen LogP contribution is 2.36. The Morgan fingerprint density at radius 1 is 1.17 bits per heavy atom. The van der Waals surface area contributed by atoms with Crippen molar-refractivity contribution >= 4 is 23.4 Å². The molecule has 3 aromatic rings. The van der Waals surface area contributed by atoms with Crippen molar-refractivity contribution < 1.29 is 19.0 Å². The molecule has 9 heteroatoms. The summed E-state index contributed by atoms with van der Waals surface area (Å²) in [5, 5.41) is 0. The van der Waals surface area contributed by atoms with Crippen molar-refractivity contribution in [3.8, 4) is 11.5 Å². The van der Waals surface area contributed by atoms with E-state index in [1.54, 1.807) is 44.3 Å². The minimum absolute atomic E-state index is 0.199. The molecular formula is C27H27N3O5S. The van der Waals surface area contributed by atoms with E-state index < -0.39 is 12.0 Å². The molecule has 36 heavy (non-hydrogen) atoms. The highest BCUT2D eigenvalue weighted by Gasteiger charge is 2.34. The van der Waals surface area contributed by atoms with Gasteiger partial charge in [0.2, 0.25) is 0 Å². The first-order valence-corrected chi connectivity index (χ1v) is 12.4. The largest absolute Gasteiger partial charge is 0.490 e. The predicted octanol–water partition coefficient (Wildman–Crippen LogP) is 3.16. The lowest BCUT2D eigenvalue weighted by Crippen LogP contribution is -2.40. The number of nitrogens with zero attached hydrogens (tertiary/aromatic N) is 3. The Morgan fingerprint density at radius 3 is 2.69 bits per heavy atom. The number of ether oxygens (including phenoxy) is 3. The van der Waals surface area contributed by atoms with Gasteiger partial charge in [-0.15, -0.1) is 0 Å². The van der Waals surface area contributed by atoms with E-state index in [0.717, 1.165) is 0 Å². The third-order valence-corrected chi connectivity index (χ3v) is 6.41. The van der Waals surface area contributed by atoms with Gasteiger partial charge >= 0.3 is 5.97 Å². The maximum atomic E-state index is 13.7. The molecule has 1 aliphatic heterocycles. The highest BCUT2D eigenvalue weighted by atomic mass is 32.1. The molecule has 0 spiro atoms. The Labute approximate surface area is 212 Å². The Hall–Kier alpha value is -3.98. The van der Waals surface area contributed by atoms with Crippen molar-refractivity contribution in [1.29, 1.82) is 0 Å². The Kier molecular flexibility index (Phi) is 7.80. The molecule has 0 bridgehead atoms. The lowest BCUT2D eigenvalue weighted by Gasteiger charge is -2.25. The van der Waals surface area contributed by atoms with Crippen LogP contribution in [0.25, 0.3) is 6.08 Å². The van der Waals surface area contributed by atoms with E-state index in [4.69, 9.17) is 14.2 Å². The molecule has 0 fully saturated rings. The molecule has 0 radical (unpaired) electrons. The SMILES string of the molecule is C=CCOc1ccc(C2C(C(=O)OCC)=C(C)N=c3s/c(=C/c4ccccn4)c(=O)n32)cc1OCC. The first-order valence-electron chi connectivity index (χ1n) is 11.6. The lowest BCUT2D eigenvalue weighted by molar-refractivity contribution is -0.139. The minimum Gasteiger partial charge on any atom is -0.490 e. The third kappa shape index (κ3) is 5.01. The van der Waals surface area contributed by atoms with Crippen molar-refractivity contribution in [2.75, 3.05) is 19.8 Å². The third-order valence-electron chi connectivity index (χ3n) is 5.42. The van der Waals surface area contributed by atoms with Gasteiger partial charge in [0.1, 0.15) is 6.61 Å². The number of carbonyl (C=O) groups excluding carboxylic acids is 1. The van der Waals surface area contributed by atoms with Gasteiger partial charge < -0.3 is 14.2 Å². The van der Waals surface area contributed by atoms with Gasteiger partial charge in [-0.2, -0.15) is 0 Å². The lowest BCUT2D eigenvalue weighted by atomic mass is 9.95. The quantitative estimate of drug-likeness (QED) is 0.328. The summed E-state index contributed by atoms with van der Waals surface area (Å²) in [6.07, 6.45) is 5.04. The number of fused-ring (bicyclic) bond motifs is 1. The predicted molar refractivity (Wildman–Crippen MR) is 138 cm³/mol. The van der Waals surface area contributed by atoms with Crippen LogP contribution in [0.1, 0.15) is 38.1 Å². The van der Waals surface area contributed by atoms with Crippen LogP contribution >= 0.6 is 11.3 Å². The first kappa shape index (κ1) is 25.1. The summed E-state index contributed by atoms with van der Waals surface area (Å²) in [4.78, 5) is 36.1. The first-order chi connectivity index (χ1) is 17.5. The number of pyridine rings is 1. The zero-order valence-corrected chi connectivity index (χ0v) is 21.2. The fourth-order valence-corrected chi connectivity index (χ4v) is 4.96. The Morgan fingerprint density at radius 2 is 2.00 bits per heavy atom. The molecule has 0 saturated carbocycles. The zero-order chi connectivity index (χ0) is 25.7. The van der Waals surface area contributed by atoms with Crippen LogP contribution in [0.4, 0.5) is 0 Å². The van der Waals surface area contributed by atoms with Gasteiger partial charge in [0.05, 0.1) is 40.8 Å². The van der Waals surface area contributed by atoms with Crippen molar-refractivity contribution in [3.63, 3.8) is 0 Å². The molecule has 4 rings (SSSR count). The average molecular weight is 506 g/mol. The number of hydrogen-bond donors (Lipinski definition) is 0. The van der Waals surface area contributed by atoms with Crippen molar-refractivity contribution in [1.82, 2.24) is 9.55 Å². The van der Waals surface area contributed by atoms with Gasteiger partial charge in [-0.25, -0.2) is 9.79 Å². The summed E-state index contributed by atoms with van der Waals surface area (Å²) in [6.45, 7) is 9.98. The summed E-state index contributed by atoms with van der Waals surface area (Å²) < 4.78 is 18.9. The molecular weight excluding hydrogens is 478 g/mol. The van der Waals surface area contributed by atoms with E-state index in [2.05, 4.69) is 16.6 Å². The van der Waals surface area contributed by atoms with Crippen LogP contribution in [0.2, 0.25) is 0 Å². The van der Waals surface area contributed by atoms with Crippen LogP contribution in [-0.2, 0) is 9.53 Å². The van der Waals surface area contributed by atoms with Crippen molar-refractivity contribution in [2.24, 2.45) is 4.99 Å². The number of hydrogen-bond acceptors (Lipinski definition) is 8. The second-order valence-electron chi connectivity index (χ2n) is 7.80. The molecule has 1 aliphatic rings. The molecule has 1 aromatic carbocycles. The van der Waals surface area contributed by atoms with Gasteiger partial charge in [-0.05, 0) is 56.7 Å². The maximum Gasteiger partial charge on any atom is 0.338 e. The fourth-order valence-electron chi connectivity index (χ4n) is 3.93. The number of benzene rings is 1. The monoisotopic (exact) mass is 505 g/mol. The summed E-state index contributed by atoms with van der Waals surface area (Å²) >= 11 is 1.25. The fraction of sp³-hybridized carbons (Fsp3) is 0.259. The van der Waals surface area contributed by atoms with E-state index in [1.165, 1.54) is 15.9 Å². The van der Waals surface area contributed by atoms with E-state index >= 15 is 0 Å². The van der Waals surface area contributed by atoms with Crippen LogP contribution in [0.15, 0.2) is 76.3 Å². The highest BCUT2D eigenvalue weighted by molar-refractivity contribution is 7.07. The van der Waals surface area contributed by atoms with Crippen molar-refractivity contribution in [2.45, 2.75) is 26.8 Å². The number of rotatable bonds is 9. The van der Waals surface area contributed by atoms with E-state index in [-0.39, 0.29) is 12.2 Å². The molecule has 8 nitrogen and oxygen atoms in total. The number of allylic oxidation sites excluding steroid dienone is 1. The smallest absolute Gasteiger partial charge is 0.338 e. The number of esters is 1. The van der Waals surface area contributed by atoms with Gasteiger partial charge in [0, 0.05) is 6.20 Å². The van der Waals surface area contributed by atoms with E-state index in [9.17, 15) is 9.59 Å². The molecule has 0 saturated heterocycles. The standard InChI is InChI=1S/C27H27N3O5S/c1-5-14-35-20-12-11-18(15-21(20)33-6-2)24-23(26(32)34-7-3)17(4)29-27-30(24)25(31)22(36-27)16-19-10-8-9-13-28-19/h5,8-13,15-16,24H,1,6-7,14H2,2-4H3/b22-16+. The zero-order valence-electron chi connectivity index (χ0n) is 20.4. The number of thiazole rings is 1. The van der Waals surface area contributed by atoms with Gasteiger partial charge in [-0.1, -0.05) is 36.1 Å². The second-order valence-corrected chi connectivity index (χ2v) is 8.80. The summed E-state index contributed by atoms with van der Waals surface area (Å²) in [5.41, 5.74) is 1.86. The summed E-state index contributed by atoms with van der Waals surface area (Å²) in [5.74, 6) is 0.527. The normalized spacial score (nSPS) is 15.2. The summed E-state index contributed by atoms with van der Waals surface area (Å²) in [7, 11) is 0. The van der Waals surface area contributed by atoms with Crippen LogP contribution in [0, 0.1) is 0 Å². The topological polar surface area (TPSA) is 92.0 Å². The van der Waals surface area contributed by atoms with Gasteiger partial charge in [0.15, 0.2) is 16.3 Å². The average Bonchev–Trinajstić information content (AvgIpc) is 3.17. The van der Waals surface area contributed by atoms with E-state index in [0.29, 0.717) is 56.6 Å². The van der Waals surface area contributed by atoms with Gasteiger partial charge in [0.25, 0.3) is 5.56 Å². The molecule has 186 valence electrons. The molecule has 3 heterocycles. The van der Waals surface area contributed by atoms with Gasteiger partial charge in [-0.3, -0.25) is 14.3 Å². The summed E-state index contributed by atoms with van der Waals surface area (Å²) in [6, 6.07) is 10.1. The molecule has 1 atom stereocenters. The van der Waals surface area contributed by atoms with Crippen molar-refractivity contribution in [3.05, 3.63) is 97.5 Å². The van der Waals surface area contributed by atoms with E-state index in [1.807, 2.05) is 31.2 Å². The Bertz CT molecular complexity index is 1490. The molecule has 0 N–H and O–H groups in total. The number of aromatic nitrogens is 2. The minimum atomic E-state index is -0.751. The molecule has 2 aromatic heterocycles. The number of carbonyl (C=O) groups is 1. The van der Waals surface area contributed by atoms with Crippen LogP contribution in [0.3, 0.4) is 0 Å².